The molecule has 0 aromatic carbocycles. The molecule has 0 atom stereocenters. The lowest BCUT2D eigenvalue weighted by atomic mass is 10.5. The third-order valence-corrected chi connectivity index (χ3v) is 2.30. The highest BCUT2D eigenvalue weighted by molar-refractivity contribution is 6.30. The zero-order chi connectivity index (χ0) is 12.4. The molecule has 0 fully saturated rings. The Morgan fingerprint density at radius 3 is 2.94 bits per heavy atom. The highest BCUT2D eigenvalue weighted by atomic mass is 35.5. The minimum atomic E-state index is -0.400. The standard InChI is InChI=1S/C9H9ClN4O3/c1-5-12-6(17-13-5)3-14-4-11-8(10)7(16-2)9(14)15/h4H,3H2,1-2H3. The summed E-state index contributed by atoms with van der Waals surface area (Å²) in [6.07, 6.45) is 1.30. The van der Waals surface area contributed by atoms with Crippen molar-refractivity contribution in [3.8, 4) is 5.75 Å². The SMILES string of the molecule is COc1c(Cl)ncn(Cc2nc(C)no2)c1=O. The predicted octanol–water partition coefficient (Wildman–Crippen LogP) is 0.645. The van der Waals surface area contributed by atoms with Gasteiger partial charge in [-0.15, -0.1) is 0 Å². The molecule has 7 nitrogen and oxygen atoms in total. The zero-order valence-corrected chi connectivity index (χ0v) is 9.93. The minimum Gasteiger partial charge on any atom is -0.489 e. The summed E-state index contributed by atoms with van der Waals surface area (Å²) in [7, 11) is 1.35. The molecule has 90 valence electrons. The summed E-state index contributed by atoms with van der Waals surface area (Å²) in [5.41, 5.74) is -0.400. The number of methoxy groups -OCH3 is 1. The van der Waals surface area contributed by atoms with Crippen LogP contribution in [0, 0.1) is 6.92 Å². The Hall–Kier alpha value is -1.89. The van der Waals surface area contributed by atoms with Crippen LogP contribution in [-0.2, 0) is 6.54 Å². The van der Waals surface area contributed by atoms with E-state index in [2.05, 4.69) is 15.1 Å². The van der Waals surface area contributed by atoms with Crippen LogP contribution in [0.4, 0.5) is 0 Å². The summed E-state index contributed by atoms with van der Waals surface area (Å²) in [6.45, 7) is 1.82. The van der Waals surface area contributed by atoms with Crippen molar-refractivity contribution in [2.24, 2.45) is 0 Å². The molecule has 2 aromatic heterocycles. The molecule has 17 heavy (non-hydrogen) atoms. The number of aryl methyl sites for hydroxylation is 1. The molecule has 0 aliphatic rings. The van der Waals surface area contributed by atoms with E-state index in [9.17, 15) is 4.79 Å². The van der Waals surface area contributed by atoms with Gasteiger partial charge in [-0.25, -0.2) is 4.98 Å². The number of halogens is 1. The van der Waals surface area contributed by atoms with E-state index in [0.717, 1.165) is 0 Å². The Bertz CT molecular complexity index is 592. The van der Waals surface area contributed by atoms with Crippen molar-refractivity contribution < 1.29 is 9.26 Å². The maximum atomic E-state index is 11.9. The van der Waals surface area contributed by atoms with E-state index in [1.165, 1.54) is 18.0 Å². The van der Waals surface area contributed by atoms with Crippen molar-refractivity contribution >= 4 is 11.6 Å². The van der Waals surface area contributed by atoms with E-state index in [1.807, 2.05) is 0 Å². The first-order valence-corrected chi connectivity index (χ1v) is 5.07. The monoisotopic (exact) mass is 256 g/mol. The Kier molecular flexibility index (Phi) is 3.10. The van der Waals surface area contributed by atoms with Crippen molar-refractivity contribution in [1.29, 1.82) is 0 Å². The molecule has 0 radical (unpaired) electrons. The first-order valence-electron chi connectivity index (χ1n) is 4.70. The van der Waals surface area contributed by atoms with E-state index < -0.39 is 5.56 Å². The van der Waals surface area contributed by atoms with Crippen LogP contribution < -0.4 is 10.3 Å². The van der Waals surface area contributed by atoms with Crippen molar-refractivity contribution in [2.45, 2.75) is 13.5 Å². The van der Waals surface area contributed by atoms with Crippen molar-refractivity contribution in [3.63, 3.8) is 0 Å². The highest BCUT2D eigenvalue weighted by Crippen LogP contribution is 2.14. The Morgan fingerprint density at radius 2 is 2.35 bits per heavy atom. The molecule has 0 aliphatic heterocycles. The van der Waals surface area contributed by atoms with Gasteiger partial charge in [0.2, 0.25) is 11.6 Å². The van der Waals surface area contributed by atoms with E-state index in [4.69, 9.17) is 20.9 Å². The Labute approximate surface area is 101 Å². The summed E-state index contributed by atoms with van der Waals surface area (Å²) in [5.74, 6) is 0.808. The molecule has 0 aliphatic carbocycles. The molecule has 0 spiro atoms. The van der Waals surface area contributed by atoms with Crippen LogP contribution in [0.15, 0.2) is 15.6 Å². The number of ether oxygens (including phenoxy) is 1. The zero-order valence-electron chi connectivity index (χ0n) is 9.18. The van der Waals surface area contributed by atoms with Crippen LogP contribution in [0.2, 0.25) is 5.15 Å². The summed E-state index contributed by atoms with van der Waals surface area (Å²) < 4.78 is 11.0. The number of hydrogen-bond acceptors (Lipinski definition) is 6. The lowest BCUT2D eigenvalue weighted by molar-refractivity contribution is 0.361. The van der Waals surface area contributed by atoms with Crippen molar-refractivity contribution in [2.75, 3.05) is 7.11 Å². The predicted molar refractivity (Wildman–Crippen MR) is 58.2 cm³/mol. The molecule has 0 bridgehead atoms. The van der Waals surface area contributed by atoms with E-state index in [1.54, 1.807) is 6.92 Å². The minimum absolute atomic E-state index is 0.00889. The fourth-order valence-corrected chi connectivity index (χ4v) is 1.49. The van der Waals surface area contributed by atoms with Gasteiger partial charge in [0.05, 0.1) is 13.4 Å². The maximum Gasteiger partial charge on any atom is 0.297 e. The number of hydrogen-bond donors (Lipinski definition) is 0. The van der Waals surface area contributed by atoms with Gasteiger partial charge in [0.1, 0.15) is 6.54 Å². The van der Waals surface area contributed by atoms with E-state index in [0.29, 0.717) is 11.7 Å². The average Bonchev–Trinajstić information content (AvgIpc) is 2.69. The van der Waals surface area contributed by atoms with Gasteiger partial charge in [0, 0.05) is 0 Å². The molecule has 0 amide bonds. The first-order chi connectivity index (χ1) is 8.11. The van der Waals surface area contributed by atoms with Gasteiger partial charge < -0.3 is 9.26 Å². The molecule has 0 unspecified atom stereocenters. The van der Waals surface area contributed by atoms with Gasteiger partial charge in [-0.2, -0.15) is 4.98 Å². The molecule has 0 saturated heterocycles. The third-order valence-electron chi connectivity index (χ3n) is 2.03. The smallest absolute Gasteiger partial charge is 0.297 e. The lowest BCUT2D eigenvalue weighted by Crippen LogP contribution is -2.22. The van der Waals surface area contributed by atoms with Gasteiger partial charge in [-0.1, -0.05) is 16.8 Å². The van der Waals surface area contributed by atoms with Gasteiger partial charge in [0.15, 0.2) is 11.0 Å². The van der Waals surface area contributed by atoms with Crippen molar-refractivity contribution in [3.05, 3.63) is 33.5 Å². The van der Waals surface area contributed by atoms with Gasteiger partial charge in [-0.3, -0.25) is 9.36 Å². The number of aromatic nitrogens is 4. The lowest BCUT2D eigenvalue weighted by Gasteiger charge is -2.05. The van der Waals surface area contributed by atoms with Crippen LogP contribution in [0.3, 0.4) is 0 Å². The second-order valence-corrected chi connectivity index (χ2v) is 3.60. The molecule has 2 aromatic rings. The van der Waals surface area contributed by atoms with Crippen LogP contribution in [0.1, 0.15) is 11.7 Å². The molecule has 0 N–H and O–H groups in total. The average molecular weight is 257 g/mol. The van der Waals surface area contributed by atoms with Gasteiger partial charge in [0.25, 0.3) is 5.56 Å². The quantitative estimate of drug-likeness (QED) is 0.750. The molecule has 2 rings (SSSR count). The molecule has 2 heterocycles. The van der Waals surface area contributed by atoms with Crippen LogP contribution in [0.25, 0.3) is 0 Å². The van der Waals surface area contributed by atoms with Crippen LogP contribution in [-0.4, -0.2) is 26.8 Å². The van der Waals surface area contributed by atoms with E-state index >= 15 is 0 Å². The summed E-state index contributed by atoms with van der Waals surface area (Å²) in [4.78, 5) is 19.7. The first kappa shape index (κ1) is 11.6. The van der Waals surface area contributed by atoms with E-state index in [-0.39, 0.29) is 17.4 Å². The van der Waals surface area contributed by atoms with Crippen LogP contribution in [0.5, 0.6) is 5.75 Å². The molecule has 0 saturated carbocycles. The topological polar surface area (TPSA) is 83.0 Å². The summed E-state index contributed by atoms with van der Waals surface area (Å²) in [6, 6.07) is 0. The summed E-state index contributed by atoms with van der Waals surface area (Å²) in [5, 5.41) is 3.65. The fraction of sp³-hybridized carbons (Fsp3) is 0.333. The highest BCUT2D eigenvalue weighted by Gasteiger charge is 2.12. The van der Waals surface area contributed by atoms with Gasteiger partial charge in [-0.05, 0) is 6.92 Å². The Morgan fingerprint density at radius 1 is 1.59 bits per heavy atom. The summed E-state index contributed by atoms with van der Waals surface area (Å²) >= 11 is 5.71. The molecule has 8 heteroatoms. The van der Waals surface area contributed by atoms with Crippen LogP contribution >= 0.6 is 11.6 Å². The maximum absolute atomic E-state index is 11.9. The molecular formula is C9H9ClN4O3. The second-order valence-electron chi connectivity index (χ2n) is 3.24. The molecular weight excluding hydrogens is 248 g/mol. The largest absolute Gasteiger partial charge is 0.489 e. The normalized spacial score (nSPS) is 10.5. The second kappa shape index (κ2) is 4.54. The third kappa shape index (κ3) is 2.28. The van der Waals surface area contributed by atoms with Crippen molar-refractivity contribution in [1.82, 2.24) is 19.7 Å². The Balaban J connectivity index is 2.37. The number of rotatable bonds is 3. The number of nitrogens with zero attached hydrogens (tertiary/aromatic N) is 4. The fourth-order valence-electron chi connectivity index (χ4n) is 1.28. The van der Waals surface area contributed by atoms with Gasteiger partial charge >= 0.3 is 0 Å².